The van der Waals surface area contributed by atoms with Gasteiger partial charge in [0.2, 0.25) is 5.56 Å². The van der Waals surface area contributed by atoms with E-state index in [0.29, 0.717) is 11.4 Å². The number of alkyl halides is 3. The Hall–Kier alpha value is -2.59. The Kier molecular flexibility index (Phi) is 6.05. The van der Waals surface area contributed by atoms with Crippen LogP contribution >= 0.6 is 11.8 Å². The van der Waals surface area contributed by atoms with Crippen molar-refractivity contribution in [3.8, 4) is 11.4 Å². The van der Waals surface area contributed by atoms with Gasteiger partial charge in [-0.25, -0.2) is 0 Å². The second-order valence-corrected chi connectivity index (χ2v) is 10.3. The summed E-state index contributed by atoms with van der Waals surface area (Å²) >= 11 is 1.62. The second-order valence-electron chi connectivity index (χ2n) is 9.24. The minimum absolute atomic E-state index is 0.000516. The summed E-state index contributed by atoms with van der Waals surface area (Å²) in [5.74, 6) is 1.52. The molecule has 0 bridgehead atoms. The highest BCUT2D eigenvalue weighted by Gasteiger charge is 2.59. The lowest BCUT2D eigenvalue weighted by Crippen LogP contribution is -2.23. The van der Waals surface area contributed by atoms with Crippen molar-refractivity contribution in [1.82, 2.24) is 24.6 Å². The number of thioether (sulfide) groups is 1. The number of nitrogens with one attached hydrogen (secondary N) is 1. The third kappa shape index (κ3) is 4.53. The van der Waals surface area contributed by atoms with Crippen LogP contribution in [0.2, 0.25) is 0 Å². The third-order valence-electron chi connectivity index (χ3n) is 7.01. The minimum atomic E-state index is -4.30. The van der Waals surface area contributed by atoms with Crippen molar-refractivity contribution >= 4 is 11.8 Å². The number of aromatic nitrogens is 4. The van der Waals surface area contributed by atoms with Crippen LogP contribution in [-0.4, -0.2) is 50.0 Å². The fourth-order valence-corrected chi connectivity index (χ4v) is 6.03. The van der Waals surface area contributed by atoms with Crippen LogP contribution < -0.4 is 5.56 Å². The first-order valence-corrected chi connectivity index (χ1v) is 12.4. The molecule has 180 valence electrons. The fourth-order valence-electron chi connectivity index (χ4n) is 5.20. The van der Waals surface area contributed by atoms with Gasteiger partial charge in [0.1, 0.15) is 0 Å². The second kappa shape index (κ2) is 8.88. The molecule has 3 aromatic rings. The maximum Gasteiger partial charge on any atom is 0.416 e. The van der Waals surface area contributed by atoms with Crippen LogP contribution in [0.3, 0.4) is 0 Å². The van der Waals surface area contributed by atoms with Crippen molar-refractivity contribution < 1.29 is 13.2 Å². The Morgan fingerprint density at radius 3 is 2.85 bits per heavy atom. The van der Waals surface area contributed by atoms with Crippen molar-refractivity contribution in [2.24, 2.45) is 12.5 Å². The first-order chi connectivity index (χ1) is 16.3. The largest absolute Gasteiger partial charge is 0.416 e. The van der Waals surface area contributed by atoms with E-state index in [2.05, 4.69) is 20.1 Å². The van der Waals surface area contributed by atoms with E-state index in [1.165, 1.54) is 18.2 Å². The highest BCUT2D eigenvalue weighted by Crippen LogP contribution is 2.65. The molecule has 3 heterocycles. The van der Waals surface area contributed by atoms with E-state index >= 15 is 0 Å². The van der Waals surface area contributed by atoms with E-state index < -0.39 is 11.7 Å². The lowest BCUT2D eigenvalue weighted by atomic mass is 9.95. The van der Waals surface area contributed by atoms with E-state index in [9.17, 15) is 18.0 Å². The van der Waals surface area contributed by atoms with Gasteiger partial charge >= 0.3 is 6.18 Å². The van der Waals surface area contributed by atoms with Crippen molar-refractivity contribution in [2.45, 2.75) is 36.5 Å². The van der Waals surface area contributed by atoms with Crippen LogP contribution in [0.1, 0.15) is 36.3 Å². The van der Waals surface area contributed by atoms with Crippen molar-refractivity contribution in [3.63, 3.8) is 0 Å². The lowest BCUT2D eigenvalue weighted by molar-refractivity contribution is -0.138. The number of hydrogen-bond acceptors (Lipinski definition) is 5. The molecule has 1 aromatic carbocycles. The van der Waals surface area contributed by atoms with Gasteiger partial charge in [-0.15, -0.1) is 10.2 Å². The third-order valence-corrected chi connectivity index (χ3v) is 8.12. The standard InChI is InChI=1S/C24H26F3N5OS/c1-31-21(16-7-9-28-20(33)13-16)29-30-22(31)34-12-4-10-32-11-8-23(15-32)14-19(23)17-5-2-3-6-18(17)24(25,26)27/h2-3,5-7,9,13,19H,4,8,10-12,14-15H2,1H3,(H,28,33)/t19?,23-/m0/s1. The maximum absolute atomic E-state index is 13.4. The van der Waals surface area contributed by atoms with Gasteiger partial charge < -0.3 is 14.5 Å². The van der Waals surface area contributed by atoms with E-state index in [1.54, 1.807) is 36.2 Å². The topological polar surface area (TPSA) is 66.8 Å². The molecule has 5 rings (SSSR count). The van der Waals surface area contributed by atoms with Crippen LogP contribution in [0, 0.1) is 5.41 Å². The van der Waals surface area contributed by atoms with Gasteiger partial charge in [-0.2, -0.15) is 13.2 Å². The molecule has 6 nitrogen and oxygen atoms in total. The number of rotatable bonds is 7. The zero-order valence-electron chi connectivity index (χ0n) is 18.8. The van der Waals surface area contributed by atoms with Gasteiger partial charge in [0, 0.05) is 37.2 Å². The zero-order valence-corrected chi connectivity index (χ0v) is 19.6. The molecule has 1 unspecified atom stereocenters. The van der Waals surface area contributed by atoms with Gasteiger partial charge in [0.15, 0.2) is 11.0 Å². The molecule has 2 aliphatic rings. The maximum atomic E-state index is 13.4. The summed E-state index contributed by atoms with van der Waals surface area (Å²) in [7, 11) is 1.88. The number of likely N-dealkylation sites (tertiary alicyclic amines) is 1. The average Bonchev–Trinajstić information content (AvgIpc) is 3.14. The van der Waals surface area contributed by atoms with Crippen LogP contribution in [0.25, 0.3) is 11.4 Å². The van der Waals surface area contributed by atoms with E-state index in [1.807, 2.05) is 11.6 Å². The molecule has 1 spiro atoms. The number of halogens is 3. The SMILES string of the molecule is Cn1c(SCCCN2CC[C@]3(CC3c3ccccc3C(F)(F)F)C2)nnc1-c1cc[nH]c(=O)c1. The van der Waals surface area contributed by atoms with Crippen LogP contribution in [0.4, 0.5) is 13.2 Å². The smallest absolute Gasteiger partial charge is 0.329 e. The summed E-state index contributed by atoms with van der Waals surface area (Å²) in [6, 6.07) is 9.34. The quantitative estimate of drug-likeness (QED) is 0.390. The summed E-state index contributed by atoms with van der Waals surface area (Å²) in [5, 5.41) is 9.27. The van der Waals surface area contributed by atoms with Crippen molar-refractivity contribution in [1.29, 1.82) is 0 Å². The summed E-state index contributed by atoms with van der Waals surface area (Å²) in [5.41, 5.74) is 0.526. The Morgan fingerprint density at radius 1 is 1.24 bits per heavy atom. The monoisotopic (exact) mass is 489 g/mol. The molecule has 2 atom stereocenters. The molecule has 1 saturated heterocycles. The number of H-pyrrole nitrogens is 1. The molecule has 10 heteroatoms. The zero-order chi connectivity index (χ0) is 23.9. The number of hydrogen-bond donors (Lipinski definition) is 1. The van der Waals surface area contributed by atoms with E-state index in [4.69, 9.17) is 0 Å². The first-order valence-electron chi connectivity index (χ1n) is 11.4. The molecule has 1 aliphatic carbocycles. The molecule has 1 N–H and O–H groups in total. The molecular weight excluding hydrogens is 463 g/mol. The fraction of sp³-hybridized carbons (Fsp3) is 0.458. The summed E-state index contributed by atoms with van der Waals surface area (Å²) in [4.78, 5) is 16.5. The normalized spacial score (nSPS) is 22.5. The molecular formula is C24H26F3N5OS. The van der Waals surface area contributed by atoms with Gasteiger partial charge in [-0.05, 0) is 61.4 Å². The molecule has 1 aliphatic heterocycles. The number of nitrogens with zero attached hydrogens (tertiary/aromatic N) is 4. The Morgan fingerprint density at radius 2 is 2.06 bits per heavy atom. The van der Waals surface area contributed by atoms with Crippen LogP contribution in [0.5, 0.6) is 0 Å². The summed E-state index contributed by atoms with van der Waals surface area (Å²) in [6.45, 7) is 2.72. The summed E-state index contributed by atoms with van der Waals surface area (Å²) < 4.78 is 42.2. The number of aromatic amines is 1. The number of pyridine rings is 1. The molecule has 34 heavy (non-hydrogen) atoms. The summed E-state index contributed by atoms with van der Waals surface area (Å²) in [6.07, 6.45) is 0.0485. The first kappa shape index (κ1) is 23.2. The molecule has 2 fully saturated rings. The van der Waals surface area contributed by atoms with Gasteiger partial charge in [-0.1, -0.05) is 30.0 Å². The van der Waals surface area contributed by atoms with Gasteiger partial charge in [-0.3, -0.25) is 4.79 Å². The predicted octanol–water partition coefficient (Wildman–Crippen LogP) is 4.55. The Bertz CT molecular complexity index is 1240. The van der Waals surface area contributed by atoms with Crippen LogP contribution in [0.15, 0.2) is 52.5 Å². The van der Waals surface area contributed by atoms with Crippen molar-refractivity contribution in [3.05, 3.63) is 64.1 Å². The average molecular weight is 490 g/mol. The molecule has 2 aromatic heterocycles. The minimum Gasteiger partial charge on any atom is -0.329 e. The Labute approximate surface area is 199 Å². The highest BCUT2D eigenvalue weighted by molar-refractivity contribution is 7.99. The molecule has 0 radical (unpaired) electrons. The van der Waals surface area contributed by atoms with E-state index in [0.717, 1.165) is 55.4 Å². The van der Waals surface area contributed by atoms with E-state index in [-0.39, 0.29) is 16.9 Å². The molecule has 1 saturated carbocycles. The molecule has 0 amide bonds. The van der Waals surface area contributed by atoms with Crippen LogP contribution in [-0.2, 0) is 13.2 Å². The lowest BCUT2D eigenvalue weighted by Gasteiger charge is -2.17. The van der Waals surface area contributed by atoms with Gasteiger partial charge in [0.05, 0.1) is 5.56 Å². The van der Waals surface area contributed by atoms with Crippen molar-refractivity contribution in [2.75, 3.05) is 25.4 Å². The predicted molar refractivity (Wildman–Crippen MR) is 125 cm³/mol. The number of benzene rings is 1. The Balaban J connectivity index is 1.13. The van der Waals surface area contributed by atoms with Gasteiger partial charge in [0.25, 0.3) is 0 Å². The highest BCUT2D eigenvalue weighted by atomic mass is 32.2.